The van der Waals surface area contributed by atoms with Crippen LogP contribution in [0, 0.1) is 34.3 Å². The van der Waals surface area contributed by atoms with Crippen molar-refractivity contribution in [1.82, 2.24) is 40.2 Å². The first kappa shape index (κ1) is 47.9. The number of amides is 2. The molecular formula is C49H50F2N12O6. The summed E-state index contributed by atoms with van der Waals surface area (Å²) in [5.41, 5.74) is 1.41. The van der Waals surface area contributed by atoms with Gasteiger partial charge in [-0.2, -0.15) is 20.7 Å². The van der Waals surface area contributed by atoms with Crippen LogP contribution in [-0.2, 0) is 22.6 Å². The topological polar surface area (TPSA) is 233 Å². The summed E-state index contributed by atoms with van der Waals surface area (Å²) in [5.74, 6) is -0.468. The molecule has 0 bridgehead atoms. The van der Waals surface area contributed by atoms with Crippen molar-refractivity contribution in [2.24, 2.45) is 0 Å². The van der Waals surface area contributed by atoms with E-state index >= 15 is 0 Å². The lowest BCUT2D eigenvalue weighted by Crippen LogP contribution is -2.56. The molecule has 0 saturated carbocycles. The van der Waals surface area contributed by atoms with Crippen molar-refractivity contribution in [2.45, 2.75) is 70.6 Å². The van der Waals surface area contributed by atoms with Crippen LogP contribution in [0.3, 0.4) is 0 Å². The second kappa shape index (κ2) is 18.8. The van der Waals surface area contributed by atoms with Crippen LogP contribution in [0.4, 0.5) is 20.4 Å². The maximum Gasteiger partial charge on any atom is 0.255 e. The highest BCUT2D eigenvalue weighted by molar-refractivity contribution is 6.02. The summed E-state index contributed by atoms with van der Waals surface area (Å²) in [6, 6.07) is 19.3. The lowest BCUT2D eigenvalue weighted by molar-refractivity contribution is -0.0892. The fourth-order valence-electron chi connectivity index (χ4n) is 9.47. The SMILES string of the molecule is C.CO[C@@H]1CCN(c2ccn(-c3cc(-c4c(F)cccc4C#N)nc4c3C(=O)NC4)n2)C[C@]1(C)O.CO[C@@H]1CCN(c2ccn(-c3cc(-c4c(F)cccc4C#N)nc4c3C(=O)NC4)n2)C[C@]1(C)O. The van der Waals surface area contributed by atoms with Crippen LogP contribution in [0.25, 0.3) is 33.9 Å². The third-order valence-corrected chi connectivity index (χ3v) is 12.8. The van der Waals surface area contributed by atoms with Crippen molar-refractivity contribution in [3.8, 4) is 46.0 Å². The number of methoxy groups -OCH3 is 2. The maximum absolute atomic E-state index is 14.7. The summed E-state index contributed by atoms with van der Waals surface area (Å²) in [6.07, 6.45) is 4.16. The number of hydrogen-bond donors (Lipinski definition) is 4. The molecule has 0 radical (unpaired) electrons. The number of nitrogens with one attached hydrogen (secondary N) is 2. The van der Waals surface area contributed by atoms with E-state index in [1.165, 1.54) is 36.4 Å². The molecule has 4 aliphatic rings. The minimum atomic E-state index is -1.04. The number of rotatable bonds is 8. The Hall–Kier alpha value is -7.62. The summed E-state index contributed by atoms with van der Waals surface area (Å²) >= 11 is 0. The van der Waals surface area contributed by atoms with E-state index in [9.17, 15) is 39.1 Å². The monoisotopic (exact) mass is 940 g/mol. The lowest BCUT2D eigenvalue weighted by Gasteiger charge is -2.42. The molecule has 2 fully saturated rings. The fourth-order valence-corrected chi connectivity index (χ4v) is 9.47. The van der Waals surface area contributed by atoms with Gasteiger partial charge in [0.05, 0.1) is 118 Å². The number of nitriles is 2. The van der Waals surface area contributed by atoms with Crippen LogP contribution in [0.5, 0.6) is 0 Å². The lowest BCUT2D eigenvalue weighted by atomic mass is 9.91. The molecular weight excluding hydrogens is 891 g/mol. The van der Waals surface area contributed by atoms with Gasteiger partial charge in [0.15, 0.2) is 11.6 Å². The normalized spacial score (nSPS) is 21.5. The van der Waals surface area contributed by atoms with Crippen molar-refractivity contribution < 1.29 is 38.1 Å². The van der Waals surface area contributed by atoms with Crippen molar-refractivity contribution in [3.05, 3.63) is 118 Å². The molecule has 4 atom stereocenters. The molecule has 6 aromatic rings. The van der Waals surface area contributed by atoms with Gasteiger partial charge in [0.25, 0.3) is 11.8 Å². The predicted octanol–water partition coefficient (Wildman–Crippen LogP) is 4.97. The number of aliphatic hydroxyl groups is 2. The van der Waals surface area contributed by atoms with Gasteiger partial charge in [-0.15, -0.1) is 0 Å². The number of halogens is 2. The number of β-amino-alcohol motifs (C(OH)–C–C–N with tert-alkyl or cyclic N) is 2. The van der Waals surface area contributed by atoms with Crippen molar-refractivity contribution in [2.75, 3.05) is 50.2 Å². The number of carbonyl (C=O) groups excluding carboxylic acids is 2. The quantitative estimate of drug-likeness (QED) is 0.158. The van der Waals surface area contributed by atoms with Gasteiger partial charge in [-0.1, -0.05) is 19.6 Å². The summed E-state index contributed by atoms with van der Waals surface area (Å²) in [5, 5.41) is 55.3. The minimum Gasteiger partial charge on any atom is -0.386 e. The Morgan fingerprint density at radius 1 is 0.681 bits per heavy atom. The van der Waals surface area contributed by atoms with Crippen molar-refractivity contribution >= 4 is 23.5 Å². The molecule has 2 saturated heterocycles. The molecule has 10 rings (SSSR count). The zero-order valence-corrected chi connectivity index (χ0v) is 37.5. The van der Waals surface area contributed by atoms with Gasteiger partial charge < -0.3 is 40.1 Å². The number of piperidine rings is 2. The average molecular weight is 941 g/mol. The number of pyridine rings is 2. The van der Waals surface area contributed by atoms with E-state index in [0.29, 0.717) is 84.5 Å². The van der Waals surface area contributed by atoms with E-state index in [1.807, 2.05) is 21.9 Å². The Kier molecular flexibility index (Phi) is 13.0. The Bertz CT molecular complexity index is 2860. The Morgan fingerprint density at radius 2 is 1.09 bits per heavy atom. The molecule has 8 heterocycles. The highest BCUT2D eigenvalue weighted by atomic mass is 19.1. The van der Waals surface area contributed by atoms with E-state index < -0.39 is 22.8 Å². The van der Waals surface area contributed by atoms with Gasteiger partial charge in [-0.05, 0) is 63.1 Å². The standard InChI is InChI=1S/2C24H23FN6O3.CH4/c2*1-24(33)13-30(8-6-19(24)34-2)20-7-9-31(29-20)18-10-16(28-17-12-27-23(32)22(17)18)21-14(11-26)4-3-5-15(21)25;/h2*3-5,7,9-10,19,33H,6,8,12-13H2,1-2H3,(H,27,32);1H4/t2*19-,24+;/m11./s1. The molecule has 4 aliphatic heterocycles. The molecule has 2 aromatic carbocycles. The molecule has 0 unspecified atom stereocenters. The maximum atomic E-state index is 14.7. The predicted molar refractivity (Wildman–Crippen MR) is 249 cm³/mol. The first-order chi connectivity index (χ1) is 32.6. The molecule has 69 heavy (non-hydrogen) atoms. The Balaban J connectivity index is 0.000000183. The van der Waals surface area contributed by atoms with Crippen molar-refractivity contribution in [1.29, 1.82) is 10.5 Å². The second-order valence-corrected chi connectivity index (χ2v) is 17.4. The number of fused-ring (bicyclic) bond motifs is 2. The summed E-state index contributed by atoms with van der Waals surface area (Å²) in [7, 11) is 3.17. The average Bonchev–Trinajstić information content (AvgIpc) is 4.16. The Labute approximate surface area is 396 Å². The van der Waals surface area contributed by atoms with Gasteiger partial charge in [-0.3, -0.25) is 9.59 Å². The van der Waals surface area contributed by atoms with Crippen LogP contribution in [0.2, 0.25) is 0 Å². The van der Waals surface area contributed by atoms with E-state index in [1.54, 1.807) is 74.1 Å². The Morgan fingerprint density at radius 3 is 1.45 bits per heavy atom. The largest absolute Gasteiger partial charge is 0.386 e. The van der Waals surface area contributed by atoms with Crippen molar-refractivity contribution in [3.63, 3.8) is 0 Å². The van der Waals surface area contributed by atoms with Crippen LogP contribution in [0.1, 0.15) is 77.3 Å². The number of ether oxygens (including phenoxy) is 2. The third-order valence-electron chi connectivity index (χ3n) is 12.8. The summed E-state index contributed by atoms with van der Waals surface area (Å²) in [6.45, 7) is 5.83. The number of carbonyl (C=O) groups is 2. The molecule has 18 nitrogen and oxygen atoms in total. The number of benzene rings is 2. The summed E-state index contributed by atoms with van der Waals surface area (Å²) < 4.78 is 43.4. The van der Waals surface area contributed by atoms with E-state index in [-0.39, 0.29) is 78.2 Å². The zero-order valence-electron chi connectivity index (χ0n) is 37.5. The number of aromatic nitrogens is 6. The van der Waals surface area contributed by atoms with Gasteiger partial charge >= 0.3 is 0 Å². The molecule has 356 valence electrons. The first-order valence-electron chi connectivity index (χ1n) is 21.8. The highest BCUT2D eigenvalue weighted by Gasteiger charge is 2.40. The van der Waals surface area contributed by atoms with Crippen LogP contribution < -0.4 is 20.4 Å². The van der Waals surface area contributed by atoms with Gasteiger partial charge in [0.1, 0.15) is 22.8 Å². The number of hydrogen-bond acceptors (Lipinski definition) is 14. The zero-order chi connectivity index (χ0) is 48.1. The first-order valence-corrected chi connectivity index (χ1v) is 21.8. The van der Waals surface area contributed by atoms with Gasteiger partial charge in [0.2, 0.25) is 0 Å². The van der Waals surface area contributed by atoms with E-state index in [0.717, 1.165) is 0 Å². The van der Waals surface area contributed by atoms with E-state index in [4.69, 9.17) is 9.47 Å². The van der Waals surface area contributed by atoms with Crippen LogP contribution >= 0.6 is 0 Å². The van der Waals surface area contributed by atoms with Crippen LogP contribution in [-0.4, -0.2) is 115 Å². The third kappa shape index (κ3) is 8.86. The second-order valence-electron chi connectivity index (χ2n) is 17.4. The highest BCUT2D eigenvalue weighted by Crippen LogP contribution is 2.35. The molecule has 0 spiro atoms. The number of anilines is 2. The summed E-state index contributed by atoms with van der Waals surface area (Å²) in [4.78, 5) is 38.1. The smallest absolute Gasteiger partial charge is 0.255 e. The van der Waals surface area contributed by atoms with Gasteiger partial charge in [-0.25, -0.2) is 28.1 Å². The van der Waals surface area contributed by atoms with E-state index in [2.05, 4.69) is 30.8 Å². The molecule has 0 aliphatic carbocycles. The minimum absolute atomic E-state index is 0. The van der Waals surface area contributed by atoms with Crippen LogP contribution in [0.15, 0.2) is 73.1 Å². The fraction of sp³-hybridized carbons (Fsp3) is 0.347. The molecule has 4 aromatic heterocycles. The molecule has 4 N–H and O–H groups in total. The van der Waals surface area contributed by atoms with Gasteiger partial charge in [0, 0.05) is 51.8 Å². The molecule has 20 heteroatoms. The number of nitrogens with zero attached hydrogens (tertiary/aromatic N) is 10. The molecule has 2 amide bonds.